The number of hydrogen-bond donors (Lipinski definition) is 1. The van der Waals surface area contributed by atoms with Gasteiger partial charge in [0, 0.05) is 27.6 Å². The summed E-state index contributed by atoms with van der Waals surface area (Å²) < 4.78 is 15.8. The monoisotopic (exact) mass is 564 g/mol. The second-order valence-electron chi connectivity index (χ2n) is 10.6. The van der Waals surface area contributed by atoms with Gasteiger partial charge in [-0.05, 0) is 134 Å². The minimum absolute atomic E-state index is 0.381. The number of nitrogens with zero attached hydrogens (tertiary/aromatic N) is 1. The van der Waals surface area contributed by atoms with Gasteiger partial charge in [-0.15, -0.1) is 0 Å². The molecule has 3 aliphatic carbocycles. The summed E-state index contributed by atoms with van der Waals surface area (Å²) in [6.07, 6.45) is 12.1. The number of rotatable bonds is 5. The second-order valence-corrected chi connectivity index (χ2v) is 12.4. The lowest BCUT2D eigenvalue weighted by Gasteiger charge is -2.34. The van der Waals surface area contributed by atoms with Crippen LogP contribution in [-0.4, -0.2) is 21.7 Å². The molecule has 0 amide bonds. The Labute approximate surface area is 210 Å². The maximum absolute atomic E-state index is 14.5. The number of pyridine rings is 1. The van der Waals surface area contributed by atoms with E-state index in [1.807, 2.05) is 13.1 Å². The third-order valence-electron chi connectivity index (χ3n) is 8.65. The Kier molecular flexibility index (Phi) is 6.77. The minimum atomic E-state index is -0.933. The van der Waals surface area contributed by atoms with E-state index in [-0.39, 0.29) is 0 Å². The first kappa shape index (κ1) is 22.9. The summed E-state index contributed by atoms with van der Waals surface area (Å²) >= 11 is 8.15. The zero-order chi connectivity index (χ0) is 22.3. The molecule has 4 atom stereocenters. The number of alkyl halides is 1. The van der Waals surface area contributed by atoms with E-state index < -0.39 is 5.67 Å². The van der Waals surface area contributed by atoms with Crippen LogP contribution in [0, 0.1) is 21.3 Å². The van der Waals surface area contributed by atoms with Crippen LogP contribution >= 0.6 is 34.8 Å². The van der Waals surface area contributed by atoms with Crippen molar-refractivity contribution in [1.29, 1.82) is 0 Å². The zero-order valence-electron chi connectivity index (χ0n) is 19.0. The van der Waals surface area contributed by atoms with E-state index in [1.54, 1.807) is 0 Å². The summed E-state index contributed by atoms with van der Waals surface area (Å²) in [5.41, 5.74) is 1.70. The number of hydrogen-bond acceptors (Lipinski definition) is 2. The van der Waals surface area contributed by atoms with Gasteiger partial charge in [-0.25, -0.2) is 4.39 Å². The first-order valence-corrected chi connectivity index (χ1v) is 13.9. The van der Waals surface area contributed by atoms with Crippen LogP contribution in [-0.2, 0) is 0 Å². The predicted octanol–water partition coefficient (Wildman–Crippen LogP) is 7.73. The van der Waals surface area contributed by atoms with Crippen LogP contribution in [0.25, 0.3) is 10.9 Å². The summed E-state index contributed by atoms with van der Waals surface area (Å²) in [6, 6.07) is 9.25. The maximum Gasteiger partial charge on any atom is 0.111 e. The summed E-state index contributed by atoms with van der Waals surface area (Å²) in [5, 5.41) is 4.94. The maximum atomic E-state index is 14.5. The summed E-state index contributed by atoms with van der Waals surface area (Å²) in [4.78, 5) is 5.61. The van der Waals surface area contributed by atoms with Crippen LogP contribution < -0.4 is 5.32 Å². The molecule has 3 saturated carbocycles. The number of halogens is 2. The molecule has 1 N–H and O–H groups in total. The average molecular weight is 565 g/mol. The Morgan fingerprint density at radius 1 is 1.16 bits per heavy atom. The topological polar surface area (TPSA) is 24.9 Å². The standard InChI is InChI=1S/C27H34FIN2S/c1-2-27(28)8-5-22(6-9-27)31-26(32)13-17-11-18-14-20(15-19(18)12-17)23-7-10-30-25-4-3-21(29)16-24(23)25/h3-4,7,10,16-20,22H,2,5-6,8-9,11-15H2,1H3,(H,31,32)/t17?,18-,19+,20?,22?,27?. The van der Waals surface area contributed by atoms with Gasteiger partial charge in [-0.1, -0.05) is 19.1 Å². The Bertz CT molecular complexity index is 973. The number of nitrogens with one attached hydrogen (secondary N) is 1. The minimum Gasteiger partial charge on any atom is -0.377 e. The zero-order valence-corrected chi connectivity index (χ0v) is 21.9. The molecule has 0 bridgehead atoms. The van der Waals surface area contributed by atoms with E-state index in [2.05, 4.69) is 57.2 Å². The van der Waals surface area contributed by atoms with Crippen LogP contribution in [0.4, 0.5) is 4.39 Å². The predicted molar refractivity (Wildman–Crippen MR) is 143 cm³/mol. The molecule has 172 valence electrons. The van der Waals surface area contributed by atoms with E-state index in [0.717, 1.165) is 47.5 Å². The Hall–Kier alpha value is -0.820. The lowest BCUT2D eigenvalue weighted by atomic mass is 9.82. The SMILES string of the molecule is CCC1(F)CCC(NC(=S)CC2C[C@@H]3CC(c4ccnc5ccc(I)cc45)C[C@@H]3C2)CC1. The van der Waals surface area contributed by atoms with E-state index in [0.29, 0.717) is 31.2 Å². The molecule has 5 rings (SSSR count). The lowest BCUT2D eigenvalue weighted by Crippen LogP contribution is -2.41. The highest BCUT2D eigenvalue weighted by Gasteiger charge is 2.42. The molecule has 3 aliphatic rings. The number of benzene rings is 1. The van der Waals surface area contributed by atoms with Gasteiger partial charge >= 0.3 is 0 Å². The van der Waals surface area contributed by atoms with E-state index in [9.17, 15) is 4.39 Å². The molecule has 2 aromatic rings. The van der Waals surface area contributed by atoms with Crippen molar-refractivity contribution < 1.29 is 4.39 Å². The third kappa shape index (κ3) is 4.84. The summed E-state index contributed by atoms with van der Waals surface area (Å²) in [6.45, 7) is 1.97. The van der Waals surface area contributed by atoms with Gasteiger partial charge in [0.25, 0.3) is 0 Å². The highest BCUT2D eigenvalue weighted by atomic mass is 127. The fourth-order valence-electron chi connectivity index (χ4n) is 6.84. The van der Waals surface area contributed by atoms with Crippen molar-refractivity contribution in [2.45, 2.75) is 88.8 Å². The Morgan fingerprint density at radius 3 is 2.56 bits per heavy atom. The molecule has 0 spiro atoms. The molecule has 3 fully saturated rings. The number of thiocarbonyl (C=S) groups is 1. The van der Waals surface area contributed by atoms with Gasteiger partial charge in [0.1, 0.15) is 5.67 Å². The van der Waals surface area contributed by atoms with Crippen LogP contribution in [0.15, 0.2) is 30.5 Å². The molecule has 0 radical (unpaired) electrons. The van der Waals surface area contributed by atoms with Crippen molar-refractivity contribution in [2.24, 2.45) is 17.8 Å². The van der Waals surface area contributed by atoms with E-state index in [4.69, 9.17) is 12.2 Å². The smallest absolute Gasteiger partial charge is 0.111 e. The Balaban J connectivity index is 1.14. The normalized spacial score (nSPS) is 34.5. The van der Waals surface area contributed by atoms with Gasteiger partial charge in [-0.3, -0.25) is 4.98 Å². The van der Waals surface area contributed by atoms with Gasteiger partial charge in [0.05, 0.1) is 10.5 Å². The molecule has 0 aliphatic heterocycles. The van der Waals surface area contributed by atoms with Crippen LogP contribution in [0.5, 0.6) is 0 Å². The van der Waals surface area contributed by atoms with Crippen molar-refractivity contribution in [3.63, 3.8) is 0 Å². The second kappa shape index (κ2) is 9.44. The molecule has 1 aromatic carbocycles. The molecule has 1 heterocycles. The number of aromatic nitrogens is 1. The largest absolute Gasteiger partial charge is 0.377 e. The fourth-order valence-corrected chi connectivity index (χ4v) is 7.73. The first-order chi connectivity index (χ1) is 15.4. The highest BCUT2D eigenvalue weighted by Crippen LogP contribution is 2.54. The van der Waals surface area contributed by atoms with Crippen LogP contribution in [0.3, 0.4) is 0 Å². The molecular formula is C27H34FIN2S. The van der Waals surface area contributed by atoms with Crippen LogP contribution in [0.2, 0.25) is 0 Å². The average Bonchev–Trinajstić information content (AvgIpc) is 3.33. The first-order valence-electron chi connectivity index (χ1n) is 12.4. The highest BCUT2D eigenvalue weighted by molar-refractivity contribution is 14.1. The van der Waals surface area contributed by atoms with E-state index >= 15 is 0 Å². The summed E-state index contributed by atoms with van der Waals surface area (Å²) in [5.74, 6) is 3.07. The Morgan fingerprint density at radius 2 is 1.88 bits per heavy atom. The quantitative estimate of drug-likeness (QED) is 0.297. The fraction of sp³-hybridized carbons (Fsp3) is 0.630. The summed E-state index contributed by atoms with van der Waals surface area (Å²) in [7, 11) is 0. The molecule has 2 unspecified atom stereocenters. The number of fused-ring (bicyclic) bond motifs is 2. The molecule has 0 saturated heterocycles. The van der Waals surface area contributed by atoms with Crippen molar-refractivity contribution in [2.75, 3.05) is 0 Å². The molecule has 2 nitrogen and oxygen atoms in total. The van der Waals surface area contributed by atoms with Crippen molar-refractivity contribution in [3.8, 4) is 0 Å². The van der Waals surface area contributed by atoms with Crippen molar-refractivity contribution >= 4 is 50.7 Å². The van der Waals surface area contributed by atoms with Crippen molar-refractivity contribution in [3.05, 3.63) is 39.6 Å². The van der Waals surface area contributed by atoms with Gasteiger partial charge in [0.15, 0.2) is 0 Å². The molecule has 32 heavy (non-hydrogen) atoms. The van der Waals surface area contributed by atoms with E-state index in [1.165, 1.54) is 40.2 Å². The van der Waals surface area contributed by atoms with Gasteiger partial charge < -0.3 is 5.32 Å². The molecule has 1 aromatic heterocycles. The molecule has 5 heteroatoms. The lowest BCUT2D eigenvalue weighted by molar-refractivity contribution is 0.0916. The molecular weight excluding hydrogens is 530 g/mol. The van der Waals surface area contributed by atoms with Crippen LogP contribution in [0.1, 0.15) is 82.6 Å². The third-order valence-corrected chi connectivity index (χ3v) is 9.60. The van der Waals surface area contributed by atoms with Gasteiger partial charge in [0.2, 0.25) is 0 Å². The van der Waals surface area contributed by atoms with Gasteiger partial charge in [-0.2, -0.15) is 0 Å². The van der Waals surface area contributed by atoms with Crippen molar-refractivity contribution in [1.82, 2.24) is 10.3 Å².